The molecule has 100 valence electrons. The Labute approximate surface area is 113 Å². The molecule has 2 unspecified atom stereocenters. The maximum atomic E-state index is 13.9. The van der Waals surface area contributed by atoms with Crippen LogP contribution in [0.3, 0.4) is 0 Å². The van der Waals surface area contributed by atoms with Gasteiger partial charge in [0.15, 0.2) is 0 Å². The predicted octanol–water partition coefficient (Wildman–Crippen LogP) is 3.18. The second-order valence-electron chi connectivity index (χ2n) is 5.11. The average molecular weight is 271 g/mol. The molecule has 18 heavy (non-hydrogen) atoms. The first-order valence-electron chi connectivity index (χ1n) is 6.52. The molecule has 1 aromatic carbocycles. The third-order valence-electron chi connectivity index (χ3n) is 3.68. The van der Waals surface area contributed by atoms with Crippen LogP contribution in [0.15, 0.2) is 18.2 Å². The Hall–Kier alpha value is -0.640. The third-order valence-corrected chi connectivity index (χ3v) is 3.97. The van der Waals surface area contributed by atoms with Crippen LogP contribution in [0.5, 0.6) is 0 Å². The summed E-state index contributed by atoms with van der Waals surface area (Å²) in [6.45, 7) is 3.61. The van der Waals surface area contributed by atoms with Crippen LogP contribution in [-0.2, 0) is 6.54 Å². The van der Waals surface area contributed by atoms with Crippen LogP contribution in [-0.4, -0.2) is 23.5 Å². The quantitative estimate of drug-likeness (QED) is 0.914. The molecule has 1 saturated heterocycles. The standard InChI is InChI=1S/C14H20ClFN2/c1-10(17)13-7-2-3-8-18(13)9-11-5-4-6-12(15)14(11)16/h4-6,10,13H,2-3,7-9,17H2,1H3. The molecular formula is C14H20ClFN2. The fourth-order valence-corrected chi connectivity index (χ4v) is 2.89. The molecule has 0 aliphatic carbocycles. The van der Waals surface area contributed by atoms with Crippen molar-refractivity contribution in [1.82, 2.24) is 4.90 Å². The number of benzene rings is 1. The van der Waals surface area contributed by atoms with Crippen molar-refractivity contribution >= 4 is 11.6 Å². The summed E-state index contributed by atoms with van der Waals surface area (Å²) in [5.41, 5.74) is 6.68. The molecular weight excluding hydrogens is 251 g/mol. The second kappa shape index (κ2) is 6.00. The van der Waals surface area contributed by atoms with E-state index < -0.39 is 0 Å². The van der Waals surface area contributed by atoms with Gasteiger partial charge in [-0.25, -0.2) is 4.39 Å². The van der Waals surface area contributed by atoms with E-state index in [0.29, 0.717) is 18.2 Å². The Kier molecular flexibility index (Phi) is 4.60. The van der Waals surface area contributed by atoms with Crippen LogP contribution in [0.1, 0.15) is 31.7 Å². The Morgan fingerprint density at radius 1 is 1.50 bits per heavy atom. The molecule has 0 spiro atoms. The van der Waals surface area contributed by atoms with Crippen molar-refractivity contribution < 1.29 is 4.39 Å². The number of rotatable bonds is 3. The van der Waals surface area contributed by atoms with Gasteiger partial charge in [0.25, 0.3) is 0 Å². The first-order chi connectivity index (χ1) is 8.59. The molecule has 0 radical (unpaired) electrons. The number of nitrogens with two attached hydrogens (primary N) is 1. The highest BCUT2D eigenvalue weighted by atomic mass is 35.5. The molecule has 2 atom stereocenters. The smallest absolute Gasteiger partial charge is 0.146 e. The van der Waals surface area contributed by atoms with Crippen LogP contribution in [0, 0.1) is 5.82 Å². The SMILES string of the molecule is CC(N)C1CCCCN1Cc1cccc(Cl)c1F. The molecule has 1 aliphatic heterocycles. The van der Waals surface area contributed by atoms with E-state index in [1.807, 2.05) is 6.92 Å². The lowest BCUT2D eigenvalue weighted by molar-refractivity contribution is 0.121. The van der Waals surface area contributed by atoms with Crippen LogP contribution in [0.25, 0.3) is 0 Å². The monoisotopic (exact) mass is 270 g/mol. The largest absolute Gasteiger partial charge is 0.327 e. The number of piperidine rings is 1. The van der Waals surface area contributed by atoms with Gasteiger partial charge >= 0.3 is 0 Å². The molecule has 1 aromatic rings. The number of hydrogen-bond donors (Lipinski definition) is 1. The van der Waals surface area contributed by atoms with Crippen molar-refractivity contribution in [2.75, 3.05) is 6.54 Å². The Morgan fingerprint density at radius 3 is 3.00 bits per heavy atom. The van der Waals surface area contributed by atoms with Crippen molar-refractivity contribution in [1.29, 1.82) is 0 Å². The summed E-state index contributed by atoms with van der Waals surface area (Å²) in [5, 5.41) is 0.196. The molecule has 1 aliphatic rings. The van der Waals surface area contributed by atoms with E-state index in [1.54, 1.807) is 18.2 Å². The summed E-state index contributed by atoms with van der Waals surface area (Å²) in [5.74, 6) is -0.298. The summed E-state index contributed by atoms with van der Waals surface area (Å²) in [7, 11) is 0. The van der Waals surface area contributed by atoms with Gasteiger partial charge in [0, 0.05) is 24.2 Å². The van der Waals surface area contributed by atoms with Gasteiger partial charge in [-0.3, -0.25) is 4.90 Å². The van der Waals surface area contributed by atoms with Gasteiger partial charge in [-0.15, -0.1) is 0 Å². The summed E-state index contributed by atoms with van der Waals surface area (Å²) >= 11 is 5.81. The first-order valence-corrected chi connectivity index (χ1v) is 6.90. The van der Waals surface area contributed by atoms with E-state index in [1.165, 1.54) is 6.42 Å². The molecule has 2 N–H and O–H groups in total. The fraction of sp³-hybridized carbons (Fsp3) is 0.571. The molecule has 2 rings (SSSR count). The number of halogens is 2. The molecule has 4 heteroatoms. The van der Waals surface area contributed by atoms with E-state index in [9.17, 15) is 4.39 Å². The zero-order valence-electron chi connectivity index (χ0n) is 10.7. The summed E-state index contributed by atoms with van der Waals surface area (Å²) in [6, 6.07) is 5.64. The Bertz CT molecular complexity index is 409. The van der Waals surface area contributed by atoms with Crippen molar-refractivity contribution in [3.8, 4) is 0 Å². The number of nitrogens with zero attached hydrogens (tertiary/aromatic N) is 1. The molecule has 2 nitrogen and oxygen atoms in total. The summed E-state index contributed by atoms with van der Waals surface area (Å²) in [6.07, 6.45) is 3.46. The normalized spacial score (nSPS) is 23.0. The second-order valence-corrected chi connectivity index (χ2v) is 5.51. The van der Waals surface area contributed by atoms with E-state index in [2.05, 4.69) is 4.90 Å². The van der Waals surface area contributed by atoms with E-state index in [0.717, 1.165) is 19.4 Å². The predicted molar refractivity (Wildman–Crippen MR) is 73.1 cm³/mol. The molecule has 0 saturated carbocycles. The topological polar surface area (TPSA) is 29.3 Å². The van der Waals surface area contributed by atoms with Crippen LogP contribution in [0.2, 0.25) is 5.02 Å². The Balaban J connectivity index is 2.13. The highest BCUT2D eigenvalue weighted by molar-refractivity contribution is 6.30. The van der Waals surface area contributed by atoms with Crippen LogP contribution in [0.4, 0.5) is 4.39 Å². The van der Waals surface area contributed by atoms with Gasteiger partial charge in [0.1, 0.15) is 5.82 Å². The lowest BCUT2D eigenvalue weighted by Gasteiger charge is -2.38. The van der Waals surface area contributed by atoms with E-state index >= 15 is 0 Å². The lowest BCUT2D eigenvalue weighted by atomic mass is 9.96. The Morgan fingerprint density at radius 2 is 2.28 bits per heavy atom. The molecule has 1 heterocycles. The van der Waals surface area contributed by atoms with Gasteiger partial charge in [0.05, 0.1) is 5.02 Å². The first kappa shape index (κ1) is 13.8. The highest BCUT2D eigenvalue weighted by Crippen LogP contribution is 2.24. The minimum Gasteiger partial charge on any atom is -0.327 e. The molecule has 0 bridgehead atoms. The maximum Gasteiger partial charge on any atom is 0.146 e. The number of likely N-dealkylation sites (tertiary alicyclic amines) is 1. The van der Waals surface area contributed by atoms with Crippen LogP contribution < -0.4 is 5.73 Å². The third kappa shape index (κ3) is 3.02. The van der Waals surface area contributed by atoms with Crippen molar-refractivity contribution in [2.24, 2.45) is 5.73 Å². The highest BCUT2D eigenvalue weighted by Gasteiger charge is 2.26. The lowest BCUT2D eigenvalue weighted by Crippen LogP contribution is -2.48. The minimum absolute atomic E-state index is 0.118. The maximum absolute atomic E-state index is 13.9. The fourth-order valence-electron chi connectivity index (χ4n) is 2.70. The van der Waals surface area contributed by atoms with Crippen molar-refractivity contribution in [2.45, 2.75) is 44.8 Å². The van der Waals surface area contributed by atoms with Crippen molar-refractivity contribution in [3.63, 3.8) is 0 Å². The minimum atomic E-state index is -0.298. The van der Waals surface area contributed by atoms with Crippen LogP contribution >= 0.6 is 11.6 Å². The van der Waals surface area contributed by atoms with Gasteiger partial charge in [0.2, 0.25) is 0 Å². The molecule has 0 aromatic heterocycles. The average Bonchev–Trinajstić information content (AvgIpc) is 2.35. The van der Waals surface area contributed by atoms with Gasteiger partial charge < -0.3 is 5.73 Å². The number of hydrogen-bond acceptors (Lipinski definition) is 2. The summed E-state index contributed by atoms with van der Waals surface area (Å²) in [4.78, 5) is 2.28. The van der Waals surface area contributed by atoms with Gasteiger partial charge in [-0.2, -0.15) is 0 Å². The van der Waals surface area contributed by atoms with E-state index in [-0.39, 0.29) is 16.9 Å². The molecule has 0 amide bonds. The van der Waals surface area contributed by atoms with Gasteiger partial charge in [-0.05, 0) is 32.4 Å². The van der Waals surface area contributed by atoms with Gasteiger partial charge in [-0.1, -0.05) is 30.2 Å². The summed E-state index contributed by atoms with van der Waals surface area (Å²) < 4.78 is 13.9. The zero-order valence-corrected chi connectivity index (χ0v) is 11.5. The van der Waals surface area contributed by atoms with Crippen molar-refractivity contribution in [3.05, 3.63) is 34.6 Å². The molecule has 1 fully saturated rings. The zero-order chi connectivity index (χ0) is 13.1. The van der Waals surface area contributed by atoms with E-state index in [4.69, 9.17) is 17.3 Å².